The van der Waals surface area contributed by atoms with E-state index >= 15 is 0 Å². The number of furan rings is 1. The zero-order valence-corrected chi connectivity index (χ0v) is 15.2. The van der Waals surface area contributed by atoms with Crippen LogP contribution in [-0.2, 0) is 22.7 Å². The Labute approximate surface area is 154 Å². The van der Waals surface area contributed by atoms with Gasteiger partial charge < -0.3 is 15.1 Å². The summed E-state index contributed by atoms with van der Waals surface area (Å²) in [4.78, 5) is 24.6. The van der Waals surface area contributed by atoms with Gasteiger partial charge in [-0.25, -0.2) is 0 Å². The SMILES string of the molecule is Cc1ccc(CNC(=O)C2CCC(C(=O)NCc3ccco3)CC2)cc1. The number of rotatable bonds is 6. The van der Waals surface area contributed by atoms with Crippen LogP contribution in [-0.4, -0.2) is 11.8 Å². The highest BCUT2D eigenvalue weighted by atomic mass is 16.3. The van der Waals surface area contributed by atoms with E-state index < -0.39 is 0 Å². The average Bonchev–Trinajstić information content (AvgIpc) is 3.19. The lowest BCUT2D eigenvalue weighted by molar-refractivity contribution is -0.130. The first-order chi connectivity index (χ1) is 12.6. The highest BCUT2D eigenvalue weighted by Crippen LogP contribution is 2.29. The highest BCUT2D eigenvalue weighted by Gasteiger charge is 2.29. The number of carbonyl (C=O) groups excluding carboxylic acids is 2. The van der Waals surface area contributed by atoms with Crippen LogP contribution >= 0.6 is 0 Å². The molecule has 2 N–H and O–H groups in total. The molecule has 0 radical (unpaired) electrons. The molecule has 1 heterocycles. The first-order valence-electron chi connectivity index (χ1n) is 9.25. The Morgan fingerprint density at radius 3 is 2.04 bits per heavy atom. The summed E-state index contributed by atoms with van der Waals surface area (Å²) in [5, 5.41) is 5.94. The minimum atomic E-state index is -0.00823. The van der Waals surface area contributed by atoms with Crippen molar-refractivity contribution >= 4 is 11.8 Å². The normalized spacial score (nSPS) is 19.7. The van der Waals surface area contributed by atoms with E-state index in [1.807, 2.05) is 43.3 Å². The number of carbonyl (C=O) groups is 2. The maximum Gasteiger partial charge on any atom is 0.223 e. The van der Waals surface area contributed by atoms with Gasteiger partial charge in [0, 0.05) is 18.4 Å². The van der Waals surface area contributed by atoms with Crippen molar-refractivity contribution in [2.75, 3.05) is 0 Å². The summed E-state index contributed by atoms with van der Waals surface area (Å²) >= 11 is 0. The maximum atomic E-state index is 12.4. The van der Waals surface area contributed by atoms with Gasteiger partial charge in [-0.2, -0.15) is 0 Å². The summed E-state index contributed by atoms with van der Waals surface area (Å²) in [7, 11) is 0. The fraction of sp³-hybridized carbons (Fsp3) is 0.429. The molecule has 0 atom stereocenters. The van der Waals surface area contributed by atoms with E-state index in [9.17, 15) is 9.59 Å². The second-order valence-corrected chi connectivity index (χ2v) is 7.05. The molecule has 3 rings (SSSR count). The van der Waals surface area contributed by atoms with Crippen LogP contribution in [0.15, 0.2) is 47.1 Å². The summed E-state index contributed by atoms with van der Waals surface area (Å²) in [5.41, 5.74) is 2.32. The summed E-state index contributed by atoms with van der Waals surface area (Å²) < 4.78 is 5.22. The smallest absolute Gasteiger partial charge is 0.223 e. The van der Waals surface area contributed by atoms with Crippen LogP contribution < -0.4 is 10.6 Å². The Bertz CT molecular complexity index is 714. The van der Waals surface area contributed by atoms with Gasteiger partial charge in [0.05, 0.1) is 12.8 Å². The van der Waals surface area contributed by atoms with Crippen molar-refractivity contribution in [3.63, 3.8) is 0 Å². The van der Waals surface area contributed by atoms with Crippen molar-refractivity contribution in [3.8, 4) is 0 Å². The highest BCUT2D eigenvalue weighted by molar-refractivity contribution is 5.81. The summed E-state index contributed by atoms with van der Waals surface area (Å²) in [6.07, 6.45) is 4.64. The second-order valence-electron chi connectivity index (χ2n) is 7.05. The van der Waals surface area contributed by atoms with Crippen LogP contribution in [0.25, 0.3) is 0 Å². The largest absolute Gasteiger partial charge is 0.467 e. The summed E-state index contributed by atoms with van der Waals surface area (Å²) in [5.74, 6) is 0.906. The molecule has 2 amide bonds. The number of benzene rings is 1. The quantitative estimate of drug-likeness (QED) is 0.836. The maximum absolute atomic E-state index is 12.4. The van der Waals surface area contributed by atoms with Gasteiger partial charge in [-0.15, -0.1) is 0 Å². The van der Waals surface area contributed by atoms with Gasteiger partial charge in [0.15, 0.2) is 0 Å². The molecule has 2 aromatic rings. The van der Waals surface area contributed by atoms with Crippen molar-refractivity contribution in [1.29, 1.82) is 0 Å². The molecule has 1 aliphatic rings. The van der Waals surface area contributed by atoms with E-state index in [1.165, 1.54) is 5.56 Å². The zero-order valence-electron chi connectivity index (χ0n) is 15.2. The van der Waals surface area contributed by atoms with Gasteiger partial charge in [-0.3, -0.25) is 9.59 Å². The third-order valence-corrected chi connectivity index (χ3v) is 5.07. The van der Waals surface area contributed by atoms with Crippen LogP contribution in [0.2, 0.25) is 0 Å². The van der Waals surface area contributed by atoms with Crippen LogP contribution in [0.1, 0.15) is 42.6 Å². The monoisotopic (exact) mass is 354 g/mol. The fourth-order valence-electron chi connectivity index (χ4n) is 3.39. The first kappa shape index (κ1) is 18.2. The predicted molar refractivity (Wildman–Crippen MR) is 99.0 cm³/mol. The van der Waals surface area contributed by atoms with E-state index in [1.54, 1.807) is 6.26 Å². The van der Waals surface area contributed by atoms with E-state index in [0.29, 0.717) is 13.1 Å². The number of hydrogen-bond donors (Lipinski definition) is 2. The van der Waals surface area contributed by atoms with Crippen molar-refractivity contribution in [2.24, 2.45) is 11.8 Å². The lowest BCUT2D eigenvalue weighted by Crippen LogP contribution is -2.37. The molecule has 0 spiro atoms. The lowest BCUT2D eigenvalue weighted by atomic mass is 9.81. The third kappa shape index (κ3) is 4.97. The lowest BCUT2D eigenvalue weighted by Gasteiger charge is -2.27. The molecule has 26 heavy (non-hydrogen) atoms. The number of amides is 2. The molecular weight excluding hydrogens is 328 g/mol. The molecule has 1 fully saturated rings. The second kappa shape index (κ2) is 8.70. The zero-order chi connectivity index (χ0) is 18.4. The van der Waals surface area contributed by atoms with Gasteiger partial charge in [0.25, 0.3) is 0 Å². The molecule has 1 aromatic carbocycles. The predicted octanol–water partition coefficient (Wildman–Crippen LogP) is 3.33. The standard InChI is InChI=1S/C21H26N2O3/c1-15-4-6-16(7-5-15)13-22-20(24)17-8-10-18(11-9-17)21(25)23-14-19-3-2-12-26-19/h2-7,12,17-18H,8-11,13-14H2,1H3,(H,22,24)(H,23,25). The Morgan fingerprint density at radius 2 is 1.50 bits per heavy atom. The molecular formula is C21H26N2O3. The Kier molecular flexibility index (Phi) is 6.10. The van der Waals surface area contributed by atoms with Crippen molar-refractivity contribution in [1.82, 2.24) is 10.6 Å². The van der Waals surface area contributed by atoms with E-state index in [2.05, 4.69) is 10.6 Å². The third-order valence-electron chi connectivity index (χ3n) is 5.07. The minimum Gasteiger partial charge on any atom is -0.467 e. The van der Waals surface area contributed by atoms with Gasteiger partial charge in [-0.1, -0.05) is 29.8 Å². The van der Waals surface area contributed by atoms with Crippen LogP contribution in [0.5, 0.6) is 0 Å². The number of aryl methyl sites for hydroxylation is 1. The van der Waals surface area contributed by atoms with Crippen molar-refractivity contribution in [2.45, 2.75) is 45.7 Å². The van der Waals surface area contributed by atoms with Gasteiger partial charge in [-0.05, 0) is 50.3 Å². The molecule has 0 bridgehead atoms. The number of nitrogens with one attached hydrogen (secondary N) is 2. The Morgan fingerprint density at radius 1 is 0.923 bits per heavy atom. The van der Waals surface area contributed by atoms with Gasteiger partial charge in [0.1, 0.15) is 5.76 Å². The number of hydrogen-bond acceptors (Lipinski definition) is 3. The molecule has 1 aromatic heterocycles. The molecule has 1 aliphatic carbocycles. The van der Waals surface area contributed by atoms with Crippen LogP contribution in [0, 0.1) is 18.8 Å². The molecule has 1 saturated carbocycles. The Hall–Kier alpha value is -2.56. The fourth-order valence-corrected chi connectivity index (χ4v) is 3.39. The Balaban J connectivity index is 1.39. The molecule has 0 unspecified atom stereocenters. The summed E-state index contributed by atoms with van der Waals surface area (Å²) in [6, 6.07) is 11.8. The molecule has 138 valence electrons. The van der Waals surface area contributed by atoms with Gasteiger partial charge >= 0.3 is 0 Å². The average molecular weight is 354 g/mol. The van der Waals surface area contributed by atoms with Crippen molar-refractivity contribution < 1.29 is 14.0 Å². The van der Waals surface area contributed by atoms with Crippen LogP contribution in [0.4, 0.5) is 0 Å². The van der Waals surface area contributed by atoms with Crippen molar-refractivity contribution in [3.05, 3.63) is 59.5 Å². The molecule has 0 aliphatic heterocycles. The minimum absolute atomic E-state index is 0.00823. The first-order valence-corrected chi connectivity index (χ1v) is 9.25. The van der Waals surface area contributed by atoms with E-state index in [0.717, 1.165) is 37.0 Å². The molecule has 5 nitrogen and oxygen atoms in total. The van der Waals surface area contributed by atoms with Gasteiger partial charge in [0.2, 0.25) is 11.8 Å². The van der Waals surface area contributed by atoms with E-state index in [-0.39, 0.29) is 23.7 Å². The molecule has 5 heteroatoms. The van der Waals surface area contributed by atoms with Crippen LogP contribution in [0.3, 0.4) is 0 Å². The van der Waals surface area contributed by atoms with E-state index in [4.69, 9.17) is 4.42 Å². The summed E-state index contributed by atoms with van der Waals surface area (Å²) in [6.45, 7) is 3.02. The molecule has 0 saturated heterocycles. The topological polar surface area (TPSA) is 71.3 Å².